The first kappa shape index (κ1) is 11.6. The van der Waals surface area contributed by atoms with Crippen molar-refractivity contribution in [3.8, 4) is 0 Å². The quantitative estimate of drug-likeness (QED) is 0.776. The minimum absolute atomic E-state index is 0.0261. The molecule has 1 saturated carbocycles. The number of hydrogen-bond acceptors (Lipinski definition) is 2. The van der Waals surface area contributed by atoms with Gasteiger partial charge in [-0.1, -0.05) is 49.6 Å². The van der Waals surface area contributed by atoms with E-state index < -0.39 is 0 Å². The Labute approximate surface area is 108 Å². The minimum atomic E-state index is -0.0261. The Morgan fingerprint density at radius 3 is 2.47 bits per heavy atom. The van der Waals surface area contributed by atoms with Crippen LogP contribution < -0.4 is 0 Å². The van der Waals surface area contributed by atoms with Crippen LogP contribution in [0.4, 0.5) is 0 Å². The van der Waals surface area contributed by atoms with Crippen molar-refractivity contribution in [2.75, 3.05) is 12.4 Å². The maximum Gasteiger partial charge on any atom is 0.142 e. The zero-order chi connectivity index (χ0) is 11.6. The zero-order valence-corrected chi connectivity index (χ0v) is 11.0. The molecule has 17 heavy (non-hydrogen) atoms. The highest BCUT2D eigenvalue weighted by molar-refractivity contribution is 8.00. The van der Waals surface area contributed by atoms with Crippen LogP contribution in [-0.2, 0) is 9.67 Å². The van der Waals surface area contributed by atoms with Crippen LogP contribution in [-0.4, -0.2) is 12.4 Å². The molecule has 0 bridgehead atoms. The Morgan fingerprint density at radius 1 is 1.06 bits per heavy atom. The highest BCUT2D eigenvalue weighted by Gasteiger charge is 2.45. The van der Waals surface area contributed by atoms with Gasteiger partial charge in [0, 0.05) is 11.7 Å². The predicted molar refractivity (Wildman–Crippen MR) is 73.1 cm³/mol. The number of benzene rings is 1. The van der Waals surface area contributed by atoms with Gasteiger partial charge in [0.05, 0.1) is 6.61 Å². The van der Waals surface area contributed by atoms with E-state index in [2.05, 4.69) is 30.3 Å². The molecule has 0 spiro atoms. The van der Waals surface area contributed by atoms with Gasteiger partial charge in [-0.3, -0.25) is 0 Å². The van der Waals surface area contributed by atoms with E-state index >= 15 is 0 Å². The summed E-state index contributed by atoms with van der Waals surface area (Å²) >= 11 is 2.03. The van der Waals surface area contributed by atoms with Crippen molar-refractivity contribution in [1.82, 2.24) is 0 Å². The van der Waals surface area contributed by atoms with Gasteiger partial charge in [-0.05, 0) is 18.4 Å². The van der Waals surface area contributed by atoms with Crippen molar-refractivity contribution in [1.29, 1.82) is 0 Å². The molecule has 1 atom stereocenters. The summed E-state index contributed by atoms with van der Waals surface area (Å²) in [4.78, 5) is -0.0261. The van der Waals surface area contributed by atoms with E-state index in [4.69, 9.17) is 4.74 Å². The summed E-state index contributed by atoms with van der Waals surface area (Å²) < 4.78 is 6.23. The fourth-order valence-electron chi connectivity index (χ4n) is 3.22. The predicted octanol–water partition coefficient (Wildman–Crippen LogP) is 4.18. The lowest BCUT2D eigenvalue weighted by atomic mass is 9.82. The molecule has 92 valence electrons. The molecule has 2 heteroatoms. The molecule has 1 unspecified atom stereocenters. The Hall–Kier alpha value is -0.470. The lowest BCUT2D eigenvalue weighted by Crippen LogP contribution is -2.33. The molecule has 1 aliphatic heterocycles. The first-order chi connectivity index (χ1) is 8.42. The highest BCUT2D eigenvalue weighted by Crippen LogP contribution is 2.52. The molecule has 3 rings (SSSR count). The van der Waals surface area contributed by atoms with Crippen LogP contribution in [0.3, 0.4) is 0 Å². The molecule has 1 nitrogen and oxygen atoms in total. The van der Waals surface area contributed by atoms with Gasteiger partial charge in [0.15, 0.2) is 0 Å². The van der Waals surface area contributed by atoms with Crippen LogP contribution in [0.5, 0.6) is 0 Å². The molecule has 1 saturated heterocycles. The first-order valence-corrected chi connectivity index (χ1v) is 7.74. The Morgan fingerprint density at radius 2 is 1.82 bits per heavy atom. The molecule has 1 aromatic carbocycles. The molecular weight excluding hydrogens is 228 g/mol. The van der Waals surface area contributed by atoms with Gasteiger partial charge in [0.25, 0.3) is 0 Å². The second-order valence-corrected chi connectivity index (χ2v) is 6.37. The minimum Gasteiger partial charge on any atom is -0.359 e. The number of ether oxygens (including phenoxy) is 1. The number of hydrogen-bond donors (Lipinski definition) is 0. The fourth-order valence-corrected chi connectivity index (χ4v) is 4.63. The first-order valence-electron chi connectivity index (χ1n) is 6.75. The van der Waals surface area contributed by atoms with E-state index in [-0.39, 0.29) is 4.93 Å². The molecule has 0 aromatic heterocycles. The van der Waals surface area contributed by atoms with Crippen LogP contribution in [0.15, 0.2) is 30.3 Å². The van der Waals surface area contributed by atoms with Crippen LogP contribution in [0, 0.1) is 5.92 Å². The van der Waals surface area contributed by atoms with E-state index in [1.165, 1.54) is 37.7 Å². The molecule has 0 radical (unpaired) electrons. The second kappa shape index (κ2) is 5.03. The number of rotatable bonds is 2. The van der Waals surface area contributed by atoms with Crippen LogP contribution >= 0.6 is 11.8 Å². The lowest BCUT2D eigenvalue weighted by molar-refractivity contribution is -0.0104. The van der Waals surface area contributed by atoms with E-state index in [0.29, 0.717) is 5.92 Å². The smallest absolute Gasteiger partial charge is 0.142 e. The summed E-state index contributed by atoms with van der Waals surface area (Å²) in [6, 6.07) is 10.9. The maximum atomic E-state index is 6.23. The number of thioether (sulfide) groups is 1. The summed E-state index contributed by atoms with van der Waals surface area (Å²) in [5.74, 6) is 1.86. The average molecular weight is 248 g/mol. The van der Waals surface area contributed by atoms with E-state index in [1.54, 1.807) is 0 Å². The third-order valence-electron chi connectivity index (χ3n) is 4.04. The topological polar surface area (TPSA) is 9.23 Å². The SMILES string of the molecule is c1ccc(C2(C3CCCCC3)OCCS2)cc1. The van der Waals surface area contributed by atoms with Crippen molar-refractivity contribution in [3.05, 3.63) is 35.9 Å². The van der Waals surface area contributed by atoms with Crippen LogP contribution in [0.2, 0.25) is 0 Å². The van der Waals surface area contributed by atoms with Gasteiger partial charge < -0.3 is 4.74 Å². The van der Waals surface area contributed by atoms with Gasteiger partial charge in [-0.2, -0.15) is 0 Å². The summed E-state index contributed by atoms with van der Waals surface area (Å²) in [5, 5.41) is 0. The van der Waals surface area contributed by atoms with Crippen LogP contribution in [0.1, 0.15) is 37.7 Å². The molecule has 1 heterocycles. The second-order valence-electron chi connectivity index (χ2n) is 5.07. The fraction of sp³-hybridized carbons (Fsp3) is 0.600. The third kappa shape index (κ3) is 2.13. The molecular formula is C15H20OS. The van der Waals surface area contributed by atoms with E-state index in [9.17, 15) is 0 Å². The normalized spacial score (nSPS) is 30.6. The third-order valence-corrected chi connectivity index (χ3v) is 5.52. The standard InChI is InChI=1S/C15H20OS/c1-3-7-13(8-4-1)15(16-11-12-17-15)14-9-5-2-6-10-14/h1,3-4,7-8,14H,2,5-6,9-12H2. The summed E-state index contributed by atoms with van der Waals surface area (Å²) in [6.45, 7) is 0.913. The van der Waals surface area contributed by atoms with Crippen molar-refractivity contribution in [3.63, 3.8) is 0 Å². The van der Waals surface area contributed by atoms with Gasteiger partial charge >= 0.3 is 0 Å². The Balaban J connectivity index is 1.92. The molecule has 0 amide bonds. The van der Waals surface area contributed by atoms with Gasteiger partial charge in [0.1, 0.15) is 4.93 Å². The molecule has 1 aromatic rings. The van der Waals surface area contributed by atoms with Gasteiger partial charge in [0.2, 0.25) is 0 Å². The average Bonchev–Trinajstić information content (AvgIpc) is 2.91. The van der Waals surface area contributed by atoms with Crippen molar-refractivity contribution in [2.45, 2.75) is 37.0 Å². The summed E-state index contributed by atoms with van der Waals surface area (Å²) in [6.07, 6.45) is 6.84. The largest absolute Gasteiger partial charge is 0.359 e. The van der Waals surface area contributed by atoms with Gasteiger partial charge in [-0.15, -0.1) is 11.8 Å². The zero-order valence-electron chi connectivity index (χ0n) is 10.2. The van der Waals surface area contributed by atoms with E-state index in [1.807, 2.05) is 11.8 Å². The van der Waals surface area contributed by atoms with Crippen molar-refractivity contribution < 1.29 is 4.74 Å². The highest BCUT2D eigenvalue weighted by atomic mass is 32.2. The Kier molecular flexibility index (Phi) is 3.44. The molecule has 2 fully saturated rings. The van der Waals surface area contributed by atoms with E-state index in [0.717, 1.165) is 12.4 Å². The summed E-state index contributed by atoms with van der Waals surface area (Å²) in [5.41, 5.74) is 1.38. The molecule has 1 aliphatic carbocycles. The van der Waals surface area contributed by atoms with Crippen LogP contribution in [0.25, 0.3) is 0 Å². The Bertz CT molecular complexity index is 350. The van der Waals surface area contributed by atoms with Crippen molar-refractivity contribution in [2.24, 2.45) is 5.92 Å². The lowest BCUT2D eigenvalue weighted by Gasteiger charge is -2.38. The molecule has 2 aliphatic rings. The summed E-state index contributed by atoms with van der Waals surface area (Å²) in [7, 11) is 0. The van der Waals surface area contributed by atoms with Crippen molar-refractivity contribution >= 4 is 11.8 Å². The van der Waals surface area contributed by atoms with Gasteiger partial charge in [-0.25, -0.2) is 0 Å². The maximum absolute atomic E-state index is 6.23. The monoisotopic (exact) mass is 248 g/mol. The molecule has 0 N–H and O–H groups in total.